The van der Waals surface area contributed by atoms with Gasteiger partial charge in [0, 0.05) is 11.9 Å². The number of nitrogens with zero attached hydrogens (tertiary/aromatic N) is 1. The number of carbonyl (C=O) groups is 3. The van der Waals surface area contributed by atoms with Crippen molar-refractivity contribution in [3.05, 3.63) is 59.9 Å². The number of esters is 1. The molecule has 7 heteroatoms. The quantitative estimate of drug-likeness (QED) is 0.592. The smallest absolute Gasteiger partial charge is 0.338 e. The van der Waals surface area contributed by atoms with Crippen LogP contribution in [0.3, 0.4) is 0 Å². The van der Waals surface area contributed by atoms with Crippen molar-refractivity contribution in [3.8, 4) is 0 Å². The van der Waals surface area contributed by atoms with Crippen molar-refractivity contribution in [1.29, 1.82) is 0 Å². The van der Waals surface area contributed by atoms with E-state index in [4.69, 9.17) is 4.74 Å². The number of aromatic nitrogens is 1. The SMILES string of the molecule is CCOC(=O)c1ccc(NC(=O)CC(=O)NCc2ccccn2)cc1. The second kappa shape index (κ2) is 9.17. The number of rotatable bonds is 7. The molecule has 2 amide bonds. The number of pyridine rings is 1. The molecule has 0 saturated heterocycles. The molecule has 0 unspecified atom stereocenters. The highest BCUT2D eigenvalue weighted by molar-refractivity contribution is 6.03. The minimum Gasteiger partial charge on any atom is -0.462 e. The Labute approximate surface area is 145 Å². The van der Waals surface area contributed by atoms with Gasteiger partial charge in [0.15, 0.2) is 0 Å². The fraction of sp³-hybridized carbons (Fsp3) is 0.222. The fourth-order valence-electron chi connectivity index (χ4n) is 2.01. The Bertz CT molecular complexity index is 730. The summed E-state index contributed by atoms with van der Waals surface area (Å²) in [5, 5.41) is 5.23. The second-order valence-corrected chi connectivity index (χ2v) is 5.12. The average molecular weight is 341 g/mol. The second-order valence-electron chi connectivity index (χ2n) is 5.12. The summed E-state index contributed by atoms with van der Waals surface area (Å²) >= 11 is 0. The van der Waals surface area contributed by atoms with Crippen LogP contribution in [0.25, 0.3) is 0 Å². The van der Waals surface area contributed by atoms with Gasteiger partial charge in [0.1, 0.15) is 6.42 Å². The van der Waals surface area contributed by atoms with Crippen molar-refractivity contribution in [2.24, 2.45) is 0 Å². The van der Waals surface area contributed by atoms with Gasteiger partial charge in [-0.3, -0.25) is 14.6 Å². The lowest BCUT2D eigenvalue weighted by Gasteiger charge is -2.07. The van der Waals surface area contributed by atoms with E-state index in [0.29, 0.717) is 23.6 Å². The third-order valence-electron chi connectivity index (χ3n) is 3.19. The lowest BCUT2D eigenvalue weighted by molar-refractivity contribution is -0.126. The highest BCUT2D eigenvalue weighted by Gasteiger charge is 2.11. The van der Waals surface area contributed by atoms with E-state index in [-0.39, 0.29) is 13.0 Å². The largest absolute Gasteiger partial charge is 0.462 e. The average Bonchev–Trinajstić information content (AvgIpc) is 2.61. The summed E-state index contributed by atoms with van der Waals surface area (Å²) in [5.74, 6) is -1.26. The van der Waals surface area contributed by atoms with Crippen LogP contribution in [0, 0.1) is 0 Å². The number of ether oxygens (including phenoxy) is 1. The number of benzene rings is 1. The van der Waals surface area contributed by atoms with Gasteiger partial charge in [0.05, 0.1) is 24.4 Å². The summed E-state index contributed by atoms with van der Waals surface area (Å²) in [6, 6.07) is 11.6. The van der Waals surface area contributed by atoms with Crippen LogP contribution in [0.1, 0.15) is 29.4 Å². The zero-order chi connectivity index (χ0) is 18.1. The first-order chi connectivity index (χ1) is 12.1. The molecule has 0 fully saturated rings. The van der Waals surface area contributed by atoms with Crippen molar-refractivity contribution in [1.82, 2.24) is 10.3 Å². The van der Waals surface area contributed by atoms with Crippen LogP contribution in [0.2, 0.25) is 0 Å². The molecule has 1 aromatic carbocycles. The van der Waals surface area contributed by atoms with E-state index < -0.39 is 17.8 Å². The predicted octanol–water partition coefficient (Wildman–Crippen LogP) is 1.90. The Hall–Kier alpha value is -3.22. The maximum Gasteiger partial charge on any atom is 0.338 e. The van der Waals surface area contributed by atoms with Gasteiger partial charge in [-0.15, -0.1) is 0 Å². The maximum atomic E-state index is 11.9. The van der Waals surface area contributed by atoms with E-state index in [0.717, 1.165) is 0 Å². The zero-order valence-electron chi connectivity index (χ0n) is 13.8. The molecule has 7 nitrogen and oxygen atoms in total. The first kappa shape index (κ1) is 18.1. The van der Waals surface area contributed by atoms with Crippen LogP contribution in [0.15, 0.2) is 48.7 Å². The third kappa shape index (κ3) is 6.06. The van der Waals surface area contributed by atoms with Gasteiger partial charge in [-0.2, -0.15) is 0 Å². The van der Waals surface area contributed by atoms with E-state index in [1.54, 1.807) is 49.5 Å². The number of anilines is 1. The fourth-order valence-corrected chi connectivity index (χ4v) is 2.01. The van der Waals surface area contributed by atoms with Gasteiger partial charge in [-0.1, -0.05) is 6.07 Å². The molecule has 1 aromatic heterocycles. The molecule has 0 bridgehead atoms. The highest BCUT2D eigenvalue weighted by Crippen LogP contribution is 2.11. The lowest BCUT2D eigenvalue weighted by atomic mass is 10.2. The van der Waals surface area contributed by atoms with E-state index in [2.05, 4.69) is 15.6 Å². The molecule has 2 rings (SSSR count). The molecule has 0 atom stereocenters. The Balaban J connectivity index is 1.79. The van der Waals surface area contributed by atoms with E-state index in [1.165, 1.54) is 0 Å². The van der Waals surface area contributed by atoms with Crippen LogP contribution in [-0.4, -0.2) is 29.4 Å². The van der Waals surface area contributed by atoms with Gasteiger partial charge < -0.3 is 15.4 Å². The van der Waals surface area contributed by atoms with E-state index in [1.807, 2.05) is 6.07 Å². The Morgan fingerprint density at radius 1 is 1.04 bits per heavy atom. The van der Waals surface area contributed by atoms with Crippen molar-refractivity contribution in [3.63, 3.8) is 0 Å². The molecule has 0 saturated carbocycles. The summed E-state index contributed by atoms with van der Waals surface area (Å²) in [7, 11) is 0. The number of amides is 2. The Morgan fingerprint density at radius 3 is 2.44 bits per heavy atom. The van der Waals surface area contributed by atoms with Crippen LogP contribution >= 0.6 is 0 Å². The number of nitrogens with one attached hydrogen (secondary N) is 2. The van der Waals surface area contributed by atoms with Crippen molar-refractivity contribution >= 4 is 23.5 Å². The monoisotopic (exact) mass is 341 g/mol. The van der Waals surface area contributed by atoms with Crippen LogP contribution in [0.5, 0.6) is 0 Å². The van der Waals surface area contributed by atoms with Crippen LogP contribution < -0.4 is 10.6 Å². The van der Waals surface area contributed by atoms with E-state index in [9.17, 15) is 14.4 Å². The van der Waals surface area contributed by atoms with Gasteiger partial charge in [0.2, 0.25) is 11.8 Å². The molecule has 0 spiro atoms. The molecule has 0 radical (unpaired) electrons. The summed E-state index contributed by atoms with van der Waals surface area (Å²) in [5.41, 5.74) is 1.61. The Morgan fingerprint density at radius 2 is 1.80 bits per heavy atom. The van der Waals surface area contributed by atoms with Crippen molar-refractivity contribution in [2.75, 3.05) is 11.9 Å². The molecule has 0 aliphatic heterocycles. The van der Waals surface area contributed by atoms with Gasteiger partial charge >= 0.3 is 5.97 Å². The maximum absolute atomic E-state index is 11.9. The van der Waals surface area contributed by atoms with E-state index >= 15 is 0 Å². The van der Waals surface area contributed by atoms with Crippen molar-refractivity contribution in [2.45, 2.75) is 19.9 Å². The molecule has 2 N–H and O–H groups in total. The lowest BCUT2D eigenvalue weighted by Crippen LogP contribution is -2.28. The van der Waals surface area contributed by atoms with Crippen LogP contribution in [0.4, 0.5) is 5.69 Å². The standard InChI is InChI=1S/C18H19N3O4/c1-2-25-18(24)13-6-8-14(9-7-13)21-17(23)11-16(22)20-12-15-5-3-4-10-19-15/h3-10H,2,11-12H2,1H3,(H,20,22)(H,21,23). The topological polar surface area (TPSA) is 97.4 Å². The summed E-state index contributed by atoms with van der Waals surface area (Å²) < 4.78 is 4.88. The van der Waals surface area contributed by atoms with Crippen molar-refractivity contribution < 1.29 is 19.1 Å². The zero-order valence-corrected chi connectivity index (χ0v) is 13.8. The third-order valence-corrected chi connectivity index (χ3v) is 3.19. The van der Waals surface area contributed by atoms with Gasteiger partial charge in [0.25, 0.3) is 0 Å². The van der Waals surface area contributed by atoms with Crippen LogP contribution in [-0.2, 0) is 20.9 Å². The molecule has 2 aromatic rings. The van der Waals surface area contributed by atoms with Gasteiger partial charge in [-0.05, 0) is 43.3 Å². The molecule has 0 aliphatic rings. The Kier molecular flexibility index (Phi) is 6.65. The molecular weight excluding hydrogens is 322 g/mol. The first-order valence-corrected chi connectivity index (χ1v) is 7.82. The highest BCUT2D eigenvalue weighted by atomic mass is 16.5. The molecule has 130 valence electrons. The number of hydrogen-bond acceptors (Lipinski definition) is 5. The molecule has 1 heterocycles. The summed E-state index contributed by atoms with van der Waals surface area (Å²) in [6.45, 7) is 2.29. The summed E-state index contributed by atoms with van der Waals surface area (Å²) in [6.07, 6.45) is 1.33. The number of hydrogen-bond donors (Lipinski definition) is 2. The molecule has 0 aliphatic carbocycles. The minimum atomic E-state index is -0.442. The molecule has 25 heavy (non-hydrogen) atoms. The molecular formula is C18H19N3O4. The number of carbonyl (C=O) groups excluding carboxylic acids is 3. The summed E-state index contributed by atoms with van der Waals surface area (Å²) in [4.78, 5) is 39.3. The van der Waals surface area contributed by atoms with Gasteiger partial charge in [-0.25, -0.2) is 4.79 Å². The normalized spacial score (nSPS) is 9.96. The predicted molar refractivity (Wildman–Crippen MR) is 91.7 cm³/mol. The first-order valence-electron chi connectivity index (χ1n) is 7.82. The minimum absolute atomic E-state index is 0.265.